The zero-order chi connectivity index (χ0) is 13.1. The minimum Gasteiger partial charge on any atom is -0.394 e. The molecule has 0 amide bonds. The van der Waals surface area contributed by atoms with Crippen LogP contribution in [0.1, 0.15) is 30.5 Å². The minimum atomic E-state index is 0.118. The van der Waals surface area contributed by atoms with E-state index in [1.807, 2.05) is 0 Å². The summed E-state index contributed by atoms with van der Waals surface area (Å²) >= 11 is 0. The van der Waals surface area contributed by atoms with Crippen molar-refractivity contribution in [3.8, 4) is 0 Å². The molecule has 0 saturated carbocycles. The van der Waals surface area contributed by atoms with Crippen molar-refractivity contribution in [2.75, 3.05) is 31.2 Å². The van der Waals surface area contributed by atoms with Crippen LogP contribution in [0, 0.1) is 0 Å². The molecule has 0 atom stereocenters. The van der Waals surface area contributed by atoms with Crippen LogP contribution in [0.15, 0.2) is 12.1 Å². The third-order valence-corrected chi connectivity index (χ3v) is 4.12. The number of aromatic nitrogens is 1. The van der Waals surface area contributed by atoms with Crippen molar-refractivity contribution in [1.29, 1.82) is 0 Å². The van der Waals surface area contributed by atoms with Gasteiger partial charge in [0.25, 0.3) is 0 Å². The summed E-state index contributed by atoms with van der Waals surface area (Å²) in [5.74, 6) is 1.13. The third kappa shape index (κ3) is 2.90. The van der Waals surface area contributed by atoms with E-state index in [4.69, 9.17) is 14.8 Å². The molecule has 19 heavy (non-hydrogen) atoms. The first kappa shape index (κ1) is 12.9. The van der Waals surface area contributed by atoms with Gasteiger partial charge in [0.05, 0.1) is 19.3 Å². The first-order chi connectivity index (χ1) is 9.36. The topological polar surface area (TPSA) is 45.6 Å². The highest BCUT2D eigenvalue weighted by molar-refractivity contribution is 5.43. The molecule has 3 rings (SSSR count). The van der Waals surface area contributed by atoms with Crippen molar-refractivity contribution in [3.63, 3.8) is 0 Å². The molecule has 1 N–H and O–H groups in total. The molecular weight excluding hydrogens is 240 g/mol. The molecule has 1 fully saturated rings. The van der Waals surface area contributed by atoms with Crippen LogP contribution < -0.4 is 4.90 Å². The van der Waals surface area contributed by atoms with Gasteiger partial charge in [-0.1, -0.05) is 6.07 Å². The van der Waals surface area contributed by atoms with Gasteiger partial charge in [0.1, 0.15) is 5.82 Å². The molecule has 4 heteroatoms. The number of nitrogens with zero attached hydrogens (tertiary/aromatic N) is 2. The van der Waals surface area contributed by atoms with Gasteiger partial charge < -0.3 is 14.7 Å². The first-order valence-corrected chi connectivity index (χ1v) is 7.33. The molecule has 0 aromatic carbocycles. The summed E-state index contributed by atoms with van der Waals surface area (Å²) < 4.78 is 5.59. The standard InChI is InChI=1S/C15H22N2O2/c18-10-11-19-13-6-8-17(9-7-13)15-5-4-12-2-1-3-14(12)16-15/h4-5,13,18H,1-3,6-11H2. The van der Waals surface area contributed by atoms with Crippen molar-refractivity contribution in [3.05, 3.63) is 23.4 Å². The third-order valence-electron chi connectivity index (χ3n) is 4.12. The number of ether oxygens (including phenoxy) is 1. The summed E-state index contributed by atoms with van der Waals surface area (Å²) in [6.45, 7) is 2.58. The quantitative estimate of drug-likeness (QED) is 0.894. The summed E-state index contributed by atoms with van der Waals surface area (Å²) in [4.78, 5) is 7.17. The van der Waals surface area contributed by atoms with E-state index in [-0.39, 0.29) is 6.61 Å². The lowest BCUT2D eigenvalue weighted by Crippen LogP contribution is -2.37. The van der Waals surface area contributed by atoms with Crippen LogP contribution in [-0.2, 0) is 17.6 Å². The Morgan fingerprint density at radius 1 is 1.26 bits per heavy atom. The van der Waals surface area contributed by atoms with Gasteiger partial charge in [-0.25, -0.2) is 4.98 Å². The maximum atomic E-state index is 8.77. The van der Waals surface area contributed by atoms with Crippen LogP contribution in [0.2, 0.25) is 0 Å². The monoisotopic (exact) mass is 262 g/mol. The van der Waals surface area contributed by atoms with Crippen LogP contribution in [-0.4, -0.2) is 42.5 Å². The zero-order valence-corrected chi connectivity index (χ0v) is 11.3. The SMILES string of the molecule is OCCOC1CCN(c2ccc3c(n2)CCC3)CC1. The number of hydrogen-bond donors (Lipinski definition) is 1. The van der Waals surface area contributed by atoms with Gasteiger partial charge in [0, 0.05) is 18.8 Å². The number of pyridine rings is 1. The lowest BCUT2D eigenvalue weighted by atomic mass is 10.1. The van der Waals surface area contributed by atoms with Crippen LogP contribution in [0.4, 0.5) is 5.82 Å². The Morgan fingerprint density at radius 3 is 2.89 bits per heavy atom. The Bertz CT molecular complexity index is 428. The summed E-state index contributed by atoms with van der Waals surface area (Å²) in [6, 6.07) is 4.41. The Balaban J connectivity index is 1.59. The Kier molecular flexibility index (Phi) is 3.99. The second kappa shape index (κ2) is 5.88. The molecule has 2 aliphatic rings. The summed E-state index contributed by atoms with van der Waals surface area (Å²) in [5, 5.41) is 8.77. The van der Waals surface area contributed by atoms with Crippen molar-refractivity contribution < 1.29 is 9.84 Å². The second-order valence-corrected chi connectivity index (χ2v) is 5.41. The molecule has 1 aliphatic carbocycles. The first-order valence-electron chi connectivity index (χ1n) is 7.33. The number of hydrogen-bond acceptors (Lipinski definition) is 4. The van der Waals surface area contributed by atoms with Crippen molar-refractivity contribution >= 4 is 5.82 Å². The Labute approximate surface area is 114 Å². The largest absolute Gasteiger partial charge is 0.394 e. The van der Waals surface area contributed by atoms with Crippen LogP contribution in [0.5, 0.6) is 0 Å². The highest BCUT2D eigenvalue weighted by Gasteiger charge is 2.21. The Hall–Kier alpha value is -1.13. The number of piperidine rings is 1. The average molecular weight is 262 g/mol. The van der Waals surface area contributed by atoms with E-state index >= 15 is 0 Å². The van der Waals surface area contributed by atoms with Gasteiger partial charge in [-0.3, -0.25) is 0 Å². The highest BCUT2D eigenvalue weighted by Crippen LogP contribution is 2.25. The van der Waals surface area contributed by atoms with E-state index < -0.39 is 0 Å². The molecule has 1 aromatic rings. The molecule has 0 unspecified atom stereocenters. The van der Waals surface area contributed by atoms with Gasteiger partial charge in [-0.15, -0.1) is 0 Å². The summed E-state index contributed by atoms with van der Waals surface area (Å²) in [5.41, 5.74) is 2.74. The molecular formula is C15H22N2O2. The maximum absolute atomic E-state index is 8.77. The summed E-state index contributed by atoms with van der Waals surface area (Å²) in [6.07, 6.45) is 5.94. The van der Waals surface area contributed by atoms with Gasteiger partial charge >= 0.3 is 0 Å². The normalized spacial score (nSPS) is 19.7. The zero-order valence-electron chi connectivity index (χ0n) is 11.3. The summed E-state index contributed by atoms with van der Waals surface area (Å²) in [7, 11) is 0. The molecule has 0 radical (unpaired) electrons. The van der Waals surface area contributed by atoms with Gasteiger partial charge in [-0.05, 0) is 43.7 Å². The van der Waals surface area contributed by atoms with Gasteiger partial charge in [-0.2, -0.15) is 0 Å². The lowest BCUT2D eigenvalue weighted by molar-refractivity contribution is 0.0158. The number of aliphatic hydroxyl groups excluding tert-OH is 1. The fourth-order valence-corrected chi connectivity index (χ4v) is 3.06. The van der Waals surface area contributed by atoms with E-state index in [1.165, 1.54) is 24.1 Å². The van der Waals surface area contributed by atoms with E-state index in [9.17, 15) is 0 Å². The van der Waals surface area contributed by atoms with Gasteiger partial charge in [0.2, 0.25) is 0 Å². The fourth-order valence-electron chi connectivity index (χ4n) is 3.06. The Morgan fingerprint density at radius 2 is 2.11 bits per heavy atom. The molecule has 2 heterocycles. The van der Waals surface area contributed by atoms with E-state index in [0.29, 0.717) is 12.7 Å². The highest BCUT2D eigenvalue weighted by atomic mass is 16.5. The predicted octanol–water partition coefficient (Wildman–Crippen LogP) is 1.55. The molecule has 0 spiro atoms. The molecule has 104 valence electrons. The van der Waals surface area contributed by atoms with Crippen LogP contribution in [0.25, 0.3) is 0 Å². The molecule has 0 bridgehead atoms. The molecule has 1 aromatic heterocycles. The van der Waals surface area contributed by atoms with Crippen molar-refractivity contribution in [1.82, 2.24) is 4.98 Å². The van der Waals surface area contributed by atoms with Gasteiger partial charge in [0.15, 0.2) is 0 Å². The molecule has 1 aliphatic heterocycles. The van der Waals surface area contributed by atoms with Crippen molar-refractivity contribution in [2.24, 2.45) is 0 Å². The van der Waals surface area contributed by atoms with Crippen LogP contribution >= 0.6 is 0 Å². The second-order valence-electron chi connectivity index (χ2n) is 5.41. The predicted molar refractivity (Wildman–Crippen MR) is 74.5 cm³/mol. The fraction of sp³-hybridized carbons (Fsp3) is 0.667. The lowest BCUT2D eigenvalue weighted by Gasteiger charge is -2.32. The van der Waals surface area contributed by atoms with Crippen LogP contribution in [0.3, 0.4) is 0 Å². The van der Waals surface area contributed by atoms with E-state index in [0.717, 1.165) is 38.2 Å². The average Bonchev–Trinajstić information content (AvgIpc) is 2.93. The molecule has 1 saturated heterocycles. The molecule has 4 nitrogen and oxygen atoms in total. The number of anilines is 1. The van der Waals surface area contributed by atoms with Crippen molar-refractivity contribution in [2.45, 2.75) is 38.2 Å². The minimum absolute atomic E-state index is 0.118. The maximum Gasteiger partial charge on any atom is 0.128 e. The number of aliphatic hydroxyl groups is 1. The number of aryl methyl sites for hydroxylation is 2. The number of fused-ring (bicyclic) bond motifs is 1. The number of rotatable bonds is 4. The van der Waals surface area contributed by atoms with E-state index in [2.05, 4.69) is 17.0 Å². The smallest absolute Gasteiger partial charge is 0.128 e. The van der Waals surface area contributed by atoms with E-state index in [1.54, 1.807) is 0 Å².